The summed E-state index contributed by atoms with van der Waals surface area (Å²) >= 11 is 0. The van der Waals surface area contributed by atoms with Crippen molar-refractivity contribution in [1.82, 2.24) is 0 Å². The molecule has 0 amide bonds. The van der Waals surface area contributed by atoms with E-state index in [1.54, 1.807) is 0 Å². The molecule has 2 nitrogen and oxygen atoms in total. The first kappa shape index (κ1) is 10.4. The van der Waals surface area contributed by atoms with Crippen LogP contribution >= 0.6 is 0 Å². The van der Waals surface area contributed by atoms with Gasteiger partial charge in [-0.3, -0.25) is 0 Å². The number of hydrogen-bond donors (Lipinski definition) is 1. The monoisotopic (exact) mass is 155 g/mol. The van der Waals surface area contributed by atoms with Gasteiger partial charge in [0.25, 0.3) is 0 Å². The van der Waals surface area contributed by atoms with Gasteiger partial charge in [-0.2, -0.15) is 0 Å². The Hall–Kier alpha value is -0.600. The second kappa shape index (κ2) is 5.10. The summed E-state index contributed by atoms with van der Waals surface area (Å²) in [6, 6.07) is 0. The smallest absolute Gasteiger partial charge is 0.0972 e. The van der Waals surface area contributed by atoms with Crippen molar-refractivity contribution in [3.8, 4) is 0 Å². The minimum absolute atomic E-state index is 0.633. The fourth-order valence-corrected chi connectivity index (χ4v) is 0.880. The Morgan fingerprint density at radius 2 is 1.91 bits per heavy atom. The predicted octanol–water partition coefficient (Wildman–Crippen LogP) is 0.764. The topological polar surface area (TPSA) is 26.0 Å². The van der Waals surface area contributed by atoms with Crippen LogP contribution in [-0.2, 0) is 0 Å². The van der Waals surface area contributed by atoms with Gasteiger partial charge in [-0.05, 0) is 12.2 Å². The van der Waals surface area contributed by atoms with Gasteiger partial charge in [0.2, 0.25) is 0 Å². The molecule has 0 aliphatic carbocycles. The van der Waals surface area contributed by atoms with Crippen LogP contribution in [0.2, 0.25) is 0 Å². The molecule has 0 radical (unpaired) electrons. The van der Waals surface area contributed by atoms with E-state index in [1.165, 1.54) is 0 Å². The van der Waals surface area contributed by atoms with E-state index >= 15 is 0 Å². The van der Waals surface area contributed by atoms with Gasteiger partial charge >= 0.3 is 0 Å². The van der Waals surface area contributed by atoms with Crippen LogP contribution in [0.5, 0.6) is 0 Å². The second-order valence-electron chi connectivity index (χ2n) is 3.30. The molecule has 0 unspecified atom stereocenters. The Labute approximate surface area is 69.6 Å². The Kier molecular flexibility index (Phi) is 4.83. The average Bonchev–Trinajstić information content (AvgIpc) is 1.87. The van der Waals surface area contributed by atoms with Crippen LogP contribution in [0.4, 0.5) is 0 Å². The van der Waals surface area contributed by atoms with Crippen molar-refractivity contribution in [3.05, 3.63) is 24.8 Å². The molecular weight excluding hydrogens is 136 g/mol. The maximum Gasteiger partial charge on any atom is 0.0972 e. The molecule has 0 aromatic rings. The number of hydrogen-bond acceptors (Lipinski definition) is 1. The van der Waals surface area contributed by atoms with Gasteiger partial charge in [-0.15, -0.1) is 0 Å². The van der Waals surface area contributed by atoms with Crippen LogP contribution in [0.25, 0.3) is 0 Å². The van der Waals surface area contributed by atoms with Crippen LogP contribution in [0, 0.1) is 0 Å². The summed E-state index contributed by atoms with van der Waals surface area (Å²) in [6.45, 7) is 6.35. The van der Waals surface area contributed by atoms with Gasteiger partial charge in [-0.1, -0.05) is 12.7 Å². The van der Waals surface area contributed by atoms with Gasteiger partial charge in [0, 0.05) is 6.54 Å². The van der Waals surface area contributed by atoms with Gasteiger partial charge in [-0.25, -0.2) is 0 Å². The zero-order chi connectivity index (χ0) is 8.74. The van der Waals surface area contributed by atoms with Crippen molar-refractivity contribution in [2.24, 2.45) is 5.73 Å². The summed E-state index contributed by atoms with van der Waals surface area (Å²) in [5.41, 5.74) is 5.32. The van der Waals surface area contributed by atoms with Crippen molar-refractivity contribution < 1.29 is 4.48 Å². The van der Waals surface area contributed by atoms with E-state index in [9.17, 15) is 0 Å². The van der Waals surface area contributed by atoms with Crippen LogP contribution in [-0.4, -0.2) is 38.2 Å². The van der Waals surface area contributed by atoms with Gasteiger partial charge < -0.3 is 10.2 Å². The largest absolute Gasteiger partial charge is 0.327 e. The fourth-order valence-electron chi connectivity index (χ4n) is 0.880. The lowest BCUT2D eigenvalue weighted by atomic mass is 10.4. The van der Waals surface area contributed by atoms with Crippen molar-refractivity contribution in [1.29, 1.82) is 0 Å². The minimum Gasteiger partial charge on any atom is -0.327 e. The first-order valence-corrected chi connectivity index (χ1v) is 3.90. The van der Waals surface area contributed by atoms with Crippen molar-refractivity contribution >= 4 is 0 Å². The molecular formula is C9H19N2+. The molecule has 0 heterocycles. The van der Waals surface area contributed by atoms with Crippen molar-refractivity contribution in [2.75, 3.05) is 33.7 Å². The normalized spacial score (nSPS) is 12.3. The van der Waals surface area contributed by atoms with Gasteiger partial charge in [0.1, 0.15) is 0 Å². The SMILES string of the molecule is C=CC[N+](C)(C)CC=CCN. The Morgan fingerprint density at radius 3 is 2.36 bits per heavy atom. The zero-order valence-corrected chi connectivity index (χ0v) is 7.59. The molecule has 0 saturated carbocycles. The molecule has 0 fully saturated rings. The predicted molar refractivity (Wildman–Crippen MR) is 50.2 cm³/mol. The maximum atomic E-state index is 5.32. The molecule has 11 heavy (non-hydrogen) atoms. The highest BCUT2D eigenvalue weighted by Gasteiger charge is 2.08. The highest BCUT2D eigenvalue weighted by Crippen LogP contribution is 1.96. The number of nitrogens with zero attached hydrogens (tertiary/aromatic N) is 1. The molecule has 0 rings (SSSR count). The first-order valence-electron chi connectivity index (χ1n) is 3.90. The summed E-state index contributed by atoms with van der Waals surface area (Å²) in [5.74, 6) is 0. The third-order valence-corrected chi connectivity index (χ3v) is 1.53. The lowest BCUT2D eigenvalue weighted by molar-refractivity contribution is -0.878. The first-order chi connectivity index (χ1) is 5.12. The number of rotatable bonds is 5. The molecule has 2 heteroatoms. The third kappa shape index (κ3) is 5.83. The van der Waals surface area contributed by atoms with Gasteiger partial charge in [0.05, 0.1) is 27.2 Å². The minimum atomic E-state index is 0.633. The summed E-state index contributed by atoms with van der Waals surface area (Å²) < 4.78 is 0.944. The van der Waals surface area contributed by atoms with E-state index in [2.05, 4.69) is 26.8 Å². The van der Waals surface area contributed by atoms with E-state index in [-0.39, 0.29) is 0 Å². The average molecular weight is 155 g/mol. The van der Waals surface area contributed by atoms with Crippen LogP contribution in [0.3, 0.4) is 0 Å². The van der Waals surface area contributed by atoms with E-state index in [0.29, 0.717) is 6.54 Å². The molecule has 0 aromatic heterocycles. The van der Waals surface area contributed by atoms with E-state index in [0.717, 1.165) is 17.6 Å². The zero-order valence-electron chi connectivity index (χ0n) is 7.59. The Bertz CT molecular complexity index is 136. The standard InChI is InChI=1S/C9H19N2/c1-4-8-11(2,3)9-6-5-7-10/h4-6H,1,7-10H2,2-3H3/q+1. The number of quaternary nitrogens is 1. The highest BCUT2D eigenvalue weighted by atomic mass is 15.3. The molecule has 2 N–H and O–H groups in total. The molecule has 0 bridgehead atoms. The van der Waals surface area contributed by atoms with Crippen LogP contribution in [0.15, 0.2) is 24.8 Å². The van der Waals surface area contributed by atoms with E-state index in [1.807, 2.05) is 12.2 Å². The summed E-state index contributed by atoms with van der Waals surface area (Å²) in [4.78, 5) is 0. The highest BCUT2D eigenvalue weighted by molar-refractivity contribution is 4.82. The molecule has 0 spiro atoms. The van der Waals surface area contributed by atoms with Crippen LogP contribution < -0.4 is 5.73 Å². The second-order valence-corrected chi connectivity index (χ2v) is 3.30. The van der Waals surface area contributed by atoms with Gasteiger partial charge in [0.15, 0.2) is 0 Å². The Morgan fingerprint density at radius 1 is 1.27 bits per heavy atom. The third-order valence-electron chi connectivity index (χ3n) is 1.53. The quantitative estimate of drug-likeness (QED) is 0.460. The van der Waals surface area contributed by atoms with Crippen LogP contribution in [0.1, 0.15) is 0 Å². The molecule has 0 aliphatic heterocycles. The van der Waals surface area contributed by atoms with Crippen molar-refractivity contribution in [3.63, 3.8) is 0 Å². The maximum absolute atomic E-state index is 5.32. The summed E-state index contributed by atoms with van der Waals surface area (Å²) in [7, 11) is 4.34. The number of likely N-dealkylation sites (N-methyl/N-ethyl adjacent to an activating group) is 1. The summed E-state index contributed by atoms with van der Waals surface area (Å²) in [5, 5.41) is 0. The lowest BCUT2D eigenvalue weighted by Gasteiger charge is -2.26. The fraction of sp³-hybridized carbons (Fsp3) is 0.556. The molecule has 0 aliphatic rings. The van der Waals surface area contributed by atoms with E-state index < -0.39 is 0 Å². The molecule has 0 aromatic carbocycles. The summed E-state index contributed by atoms with van der Waals surface area (Å²) in [6.07, 6.45) is 6.04. The van der Waals surface area contributed by atoms with E-state index in [4.69, 9.17) is 5.73 Å². The lowest BCUT2D eigenvalue weighted by Crippen LogP contribution is -2.39. The van der Waals surface area contributed by atoms with Crippen molar-refractivity contribution in [2.45, 2.75) is 0 Å². The molecule has 64 valence electrons. The molecule has 0 saturated heterocycles. The number of nitrogens with two attached hydrogens (primary N) is 1. The molecule has 0 atom stereocenters. The Balaban J connectivity index is 3.71.